The average Bonchev–Trinajstić information content (AvgIpc) is 2.75. The number of pyridine rings is 1. The summed E-state index contributed by atoms with van der Waals surface area (Å²) in [4.78, 5) is 16.1. The fraction of sp³-hybridized carbons (Fsp3) is 0.273. The lowest BCUT2D eigenvalue weighted by Gasteiger charge is -2.12. The second-order valence-electron chi connectivity index (χ2n) is 3.84. The molecule has 7 heteroatoms. The van der Waals surface area contributed by atoms with Crippen molar-refractivity contribution in [3.8, 4) is 0 Å². The summed E-state index contributed by atoms with van der Waals surface area (Å²) in [5.41, 5.74) is 0.360. The van der Waals surface area contributed by atoms with Crippen LogP contribution in [0.2, 0.25) is 0 Å². The van der Waals surface area contributed by atoms with Crippen LogP contribution in [-0.2, 0) is 7.05 Å². The van der Waals surface area contributed by atoms with Crippen molar-refractivity contribution in [1.29, 1.82) is 0 Å². The summed E-state index contributed by atoms with van der Waals surface area (Å²) >= 11 is 3.23. The fourth-order valence-electron chi connectivity index (χ4n) is 1.55. The Morgan fingerprint density at radius 1 is 1.50 bits per heavy atom. The molecule has 2 heterocycles. The van der Waals surface area contributed by atoms with Crippen LogP contribution < -0.4 is 5.32 Å². The molecule has 0 fully saturated rings. The molecule has 6 nitrogen and oxygen atoms in total. The zero-order chi connectivity index (χ0) is 13.1. The van der Waals surface area contributed by atoms with E-state index < -0.39 is 0 Å². The average molecular weight is 310 g/mol. The number of hydrogen-bond acceptors (Lipinski definition) is 4. The number of hydrogen-bond donors (Lipinski definition) is 1. The monoisotopic (exact) mass is 309 g/mol. The van der Waals surface area contributed by atoms with Gasteiger partial charge in [0.1, 0.15) is 16.6 Å². The number of amides is 1. The first-order chi connectivity index (χ1) is 8.58. The van der Waals surface area contributed by atoms with Gasteiger partial charge in [0.25, 0.3) is 5.91 Å². The molecule has 0 bridgehead atoms. The Labute approximate surface area is 113 Å². The molecule has 0 aliphatic rings. The number of nitrogens with one attached hydrogen (secondary N) is 1. The third kappa shape index (κ3) is 2.73. The van der Waals surface area contributed by atoms with Gasteiger partial charge in [-0.25, -0.2) is 4.98 Å². The van der Waals surface area contributed by atoms with Crippen LogP contribution in [0, 0.1) is 0 Å². The lowest BCUT2D eigenvalue weighted by molar-refractivity contribution is 0.0932. The fourth-order valence-corrected chi connectivity index (χ4v) is 1.90. The molecule has 0 saturated heterocycles. The Bertz CT molecular complexity index is 568. The maximum Gasteiger partial charge on any atom is 0.270 e. The predicted octanol–water partition coefficient (Wildman–Crippen LogP) is 1.46. The molecule has 0 saturated carbocycles. The molecule has 94 valence electrons. The summed E-state index contributed by atoms with van der Waals surface area (Å²) in [7, 11) is 1.83. The Kier molecular flexibility index (Phi) is 3.71. The van der Waals surface area contributed by atoms with E-state index in [9.17, 15) is 4.79 Å². The minimum atomic E-state index is -0.244. The molecule has 0 aliphatic carbocycles. The summed E-state index contributed by atoms with van der Waals surface area (Å²) in [5, 5.41) is 10.5. The van der Waals surface area contributed by atoms with Crippen LogP contribution in [0.25, 0.3) is 0 Å². The molecule has 1 N–H and O–H groups in total. The molecule has 0 aliphatic heterocycles. The maximum atomic E-state index is 12.0. The summed E-state index contributed by atoms with van der Waals surface area (Å²) in [6.45, 7) is 1.85. The van der Waals surface area contributed by atoms with Crippen molar-refractivity contribution in [2.24, 2.45) is 7.05 Å². The Morgan fingerprint density at radius 3 is 2.89 bits per heavy atom. The highest BCUT2D eigenvalue weighted by Gasteiger charge is 2.16. The van der Waals surface area contributed by atoms with Gasteiger partial charge >= 0.3 is 0 Å². The van der Waals surface area contributed by atoms with Gasteiger partial charge in [-0.2, -0.15) is 0 Å². The zero-order valence-electron chi connectivity index (χ0n) is 9.96. The van der Waals surface area contributed by atoms with Crippen molar-refractivity contribution in [2.75, 3.05) is 0 Å². The van der Waals surface area contributed by atoms with Crippen LogP contribution in [0.5, 0.6) is 0 Å². The molecule has 0 radical (unpaired) electrons. The van der Waals surface area contributed by atoms with Gasteiger partial charge in [-0.15, -0.1) is 10.2 Å². The topological polar surface area (TPSA) is 72.7 Å². The summed E-state index contributed by atoms with van der Waals surface area (Å²) < 4.78 is 2.39. The first kappa shape index (κ1) is 12.7. The van der Waals surface area contributed by atoms with Gasteiger partial charge in [0.15, 0.2) is 5.82 Å². The molecular weight excluding hydrogens is 298 g/mol. The standard InChI is InChI=1S/C11H12BrN5O/c1-7(10-16-13-6-17(10)2)14-11(18)8-4-3-5-9(12)15-8/h3-7H,1-2H3,(H,14,18). The van der Waals surface area contributed by atoms with Gasteiger partial charge in [0, 0.05) is 7.05 Å². The number of aryl methyl sites for hydroxylation is 1. The minimum absolute atomic E-state index is 0.231. The van der Waals surface area contributed by atoms with Crippen molar-refractivity contribution >= 4 is 21.8 Å². The van der Waals surface area contributed by atoms with Crippen LogP contribution in [-0.4, -0.2) is 25.7 Å². The van der Waals surface area contributed by atoms with Gasteiger partial charge < -0.3 is 9.88 Å². The van der Waals surface area contributed by atoms with E-state index in [1.165, 1.54) is 0 Å². The maximum absolute atomic E-state index is 12.0. The number of aromatic nitrogens is 4. The van der Waals surface area contributed by atoms with Gasteiger partial charge in [-0.1, -0.05) is 6.07 Å². The van der Waals surface area contributed by atoms with Crippen LogP contribution >= 0.6 is 15.9 Å². The molecule has 0 spiro atoms. The highest BCUT2D eigenvalue weighted by molar-refractivity contribution is 9.10. The summed E-state index contributed by atoms with van der Waals surface area (Å²) in [5.74, 6) is 0.449. The van der Waals surface area contributed by atoms with Crippen molar-refractivity contribution in [2.45, 2.75) is 13.0 Å². The van der Waals surface area contributed by atoms with E-state index in [0.29, 0.717) is 16.1 Å². The lowest BCUT2D eigenvalue weighted by Crippen LogP contribution is -2.29. The SMILES string of the molecule is CC(NC(=O)c1cccc(Br)n1)c1nncn1C. The van der Waals surface area contributed by atoms with E-state index in [4.69, 9.17) is 0 Å². The van der Waals surface area contributed by atoms with Crippen molar-refractivity contribution in [3.05, 3.63) is 40.6 Å². The van der Waals surface area contributed by atoms with E-state index >= 15 is 0 Å². The molecule has 2 aromatic heterocycles. The highest BCUT2D eigenvalue weighted by atomic mass is 79.9. The Balaban J connectivity index is 2.10. The van der Waals surface area contributed by atoms with E-state index in [1.807, 2.05) is 14.0 Å². The molecule has 1 atom stereocenters. The van der Waals surface area contributed by atoms with Crippen molar-refractivity contribution in [3.63, 3.8) is 0 Å². The van der Waals surface area contributed by atoms with Gasteiger partial charge in [0.05, 0.1) is 6.04 Å². The Morgan fingerprint density at radius 2 is 2.28 bits per heavy atom. The second-order valence-corrected chi connectivity index (χ2v) is 4.65. The number of rotatable bonds is 3. The van der Waals surface area contributed by atoms with E-state index in [-0.39, 0.29) is 11.9 Å². The molecule has 0 aromatic carbocycles. The number of halogens is 1. The van der Waals surface area contributed by atoms with Crippen molar-refractivity contribution in [1.82, 2.24) is 25.1 Å². The predicted molar refractivity (Wildman–Crippen MR) is 68.8 cm³/mol. The van der Waals surface area contributed by atoms with Crippen LogP contribution in [0.1, 0.15) is 29.3 Å². The largest absolute Gasteiger partial charge is 0.341 e. The zero-order valence-corrected chi connectivity index (χ0v) is 11.5. The molecule has 1 unspecified atom stereocenters. The third-order valence-electron chi connectivity index (χ3n) is 2.43. The Hall–Kier alpha value is -1.76. The quantitative estimate of drug-likeness (QED) is 0.871. The van der Waals surface area contributed by atoms with Gasteiger partial charge in [0.2, 0.25) is 0 Å². The van der Waals surface area contributed by atoms with Crippen LogP contribution in [0.3, 0.4) is 0 Å². The number of carbonyl (C=O) groups excluding carboxylic acids is 1. The smallest absolute Gasteiger partial charge is 0.270 e. The first-order valence-electron chi connectivity index (χ1n) is 5.35. The minimum Gasteiger partial charge on any atom is -0.341 e. The molecule has 18 heavy (non-hydrogen) atoms. The van der Waals surface area contributed by atoms with E-state index in [2.05, 4.69) is 36.4 Å². The molecule has 1 amide bonds. The molecular formula is C11H12BrN5O. The summed E-state index contributed by atoms with van der Waals surface area (Å²) in [6.07, 6.45) is 1.59. The van der Waals surface area contributed by atoms with E-state index in [0.717, 1.165) is 0 Å². The summed E-state index contributed by atoms with van der Waals surface area (Å²) in [6, 6.07) is 4.96. The number of carbonyl (C=O) groups is 1. The van der Waals surface area contributed by atoms with Gasteiger partial charge in [-0.3, -0.25) is 4.79 Å². The number of nitrogens with zero attached hydrogens (tertiary/aromatic N) is 4. The van der Waals surface area contributed by atoms with Crippen LogP contribution in [0.4, 0.5) is 0 Å². The molecule has 2 aromatic rings. The van der Waals surface area contributed by atoms with Crippen LogP contribution in [0.15, 0.2) is 29.1 Å². The first-order valence-corrected chi connectivity index (χ1v) is 6.14. The lowest BCUT2D eigenvalue weighted by atomic mass is 10.2. The normalized spacial score (nSPS) is 12.2. The van der Waals surface area contributed by atoms with Gasteiger partial charge in [-0.05, 0) is 35.0 Å². The van der Waals surface area contributed by atoms with Crippen molar-refractivity contribution < 1.29 is 4.79 Å². The highest BCUT2D eigenvalue weighted by Crippen LogP contribution is 2.10. The third-order valence-corrected chi connectivity index (χ3v) is 2.87. The van der Waals surface area contributed by atoms with E-state index in [1.54, 1.807) is 29.1 Å². The molecule has 2 rings (SSSR count). The second kappa shape index (κ2) is 5.26.